The van der Waals surface area contributed by atoms with Gasteiger partial charge in [-0.25, -0.2) is 9.37 Å². The number of benzene rings is 1. The third kappa shape index (κ3) is 6.71. The molecular weight excluding hydrogens is 477 g/mol. The van der Waals surface area contributed by atoms with Gasteiger partial charge in [0.15, 0.2) is 5.82 Å². The van der Waals surface area contributed by atoms with Gasteiger partial charge in [0.25, 0.3) is 5.91 Å². The number of pyridine rings is 1. The highest BCUT2D eigenvalue weighted by Crippen LogP contribution is 2.34. The van der Waals surface area contributed by atoms with Crippen LogP contribution in [-0.4, -0.2) is 64.3 Å². The lowest BCUT2D eigenvalue weighted by Gasteiger charge is -2.32. The Balaban J connectivity index is 1.40. The maximum Gasteiger partial charge on any atom is 0.320 e. The molecule has 0 aliphatic carbocycles. The number of rotatable bonds is 7. The molecule has 4 rings (SSSR count). The Labute approximate surface area is 215 Å². The number of carbonyl (C=O) groups excluding carboxylic acids is 2. The fourth-order valence-electron chi connectivity index (χ4n) is 4.38. The van der Waals surface area contributed by atoms with Crippen LogP contribution in [0.3, 0.4) is 0 Å². The Bertz CT molecular complexity index is 1250. The Morgan fingerprint density at radius 2 is 1.92 bits per heavy atom. The molecule has 0 unspecified atom stereocenters. The number of methoxy groups -OCH3 is 1. The van der Waals surface area contributed by atoms with Crippen molar-refractivity contribution in [2.75, 3.05) is 32.1 Å². The summed E-state index contributed by atoms with van der Waals surface area (Å²) in [5.74, 6) is -0.413. The van der Waals surface area contributed by atoms with Crippen LogP contribution in [0.2, 0.25) is 0 Å². The number of likely N-dealkylation sites (tertiary alicyclic amines) is 1. The number of aromatic nitrogens is 3. The van der Waals surface area contributed by atoms with Gasteiger partial charge < -0.3 is 14.8 Å². The summed E-state index contributed by atoms with van der Waals surface area (Å²) in [5, 5.41) is 9.28. The molecule has 0 spiro atoms. The van der Waals surface area contributed by atoms with E-state index in [2.05, 4.69) is 25.4 Å². The molecule has 1 aromatic carbocycles. The molecule has 1 aliphatic rings. The Hall–Kier alpha value is -3.79. The second-order valence-corrected chi connectivity index (χ2v) is 10.0. The Morgan fingerprint density at radius 1 is 1.16 bits per heavy atom. The van der Waals surface area contributed by atoms with Crippen LogP contribution in [0.5, 0.6) is 5.75 Å². The van der Waals surface area contributed by atoms with E-state index in [0.717, 1.165) is 31.5 Å². The summed E-state index contributed by atoms with van der Waals surface area (Å²) in [4.78, 5) is 31.3. The van der Waals surface area contributed by atoms with Crippen molar-refractivity contribution in [1.29, 1.82) is 0 Å². The van der Waals surface area contributed by atoms with E-state index in [1.165, 1.54) is 18.3 Å². The molecule has 0 bridgehead atoms. The average molecular weight is 510 g/mol. The first-order valence-corrected chi connectivity index (χ1v) is 12.2. The topological polar surface area (TPSA) is 109 Å². The summed E-state index contributed by atoms with van der Waals surface area (Å²) in [6.07, 6.45) is 3.28. The van der Waals surface area contributed by atoms with Crippen LogP contribution in [0, 0.1) is 5.82 Å². The largest absolute Gasteiger partial charge is 0.495 e. The first-order valence-electron chi connectivity index (χ1n) is 12.2. The van der Waals surface area contributed by atoms with Crippen LogP contribution in [-0.2, 0) is 9.53 Å². The fourth-order valence-corrected chi connectivity index (χ4v) is 4.38. The average Bonchev–Trinajstić information content (AvgIpc) is 3.38. The minimum absolute atomic E-state index is 0.0190. The number of hydrogen-bond acceptors (Lipinski definition) is 7. The third-order valence-corrected chi connectivity index (χ3v) is 6.14. The lowest BCUT2D eigenvalue weighted by Crippen LogP contribution is -2.39. The predicted molar refractivity (Wildman–Crippen MR) is 137 cm³/mol. The van der Waals surface area contributed by atoms with Crippen molar-refractivity contribution in [3.8, 4) is 17.1 Å². The van der Waals surface area contributed by atoms with Gasteiger partial charge >= 0.3 is 5.97 Å². The summed E-state index contributed by atoms with van der Waals surface area (Å²) < 4.78 is 25.2. The number of ether oxygens (including phenoxy) is 2. The molecule has 0 radical (unpaired) electrons. The van der Waals surface area contributed by atoms with Crippen LogP contribution in [0.1, 0.15) is 55.6 Å². The lowest BCUT2D eigenvalue weighted by molar-refractivity contribution is -0.156. The minimum atomic E-state index is -0.556. The van der Waals surface area contributed by atoms with Gasteiger partial charge in [0.05, 0.1) is 25.0 Å². The number of anilines is 1. The van der Waals surface area contributed by atoms with Crippen molar-refractivity contribution in [3.05, 3.63) is 59.7 Å². The van der Waals surface area contributed by atoms with Crippen molar-refractivity contribution in [1.82, 2.24) is 20.1 Å². The number of hydrogen-bond donors (Lipinski definition) is 2. The van der Waals surface area contributed by atoms with Crippen LogP contribution in [0.4, 0.5) is 10.1 Å². The van der Waals surface area contributed by atoms with Crippen molar-refractivity contribution >= 4 is 17.6 Å². The van der Waals surface area contributed by atoms with E-state index in [0.29, 0.717) is 23.0 Å². The van der Waals surface area contributed by atoms with Crippen LogP contribution in [0.15, 0.2) is 42.6 Å². The number of nitrogens with zero attached hydrogens (tertiary/aromatic N) is 3. The zero-order valence-corrected chi connectivity index (χ0v) is 21.5. The van der Waals surface area contributed by atoms with E-state index >= 15 is 0 Å². The van der Waals surface area contributed by atoms with Crippen LogP contribution in [0.25, 0.3) is 11.4 Å². The van der Waals surface area contributed by atoms with Gasteiger partial charge in [-0.1, -0.05) is 6.07 Å². The SMILES string of the molecule is COc1cc(C2CCN(CC(=O)OC(C)(C)C)CC2)ccc1NC(=O)c1ccc(F)c(-c2ccn[nH]2)n1. The Morgan fingerprint density at radius 3 is 2.57 bits per heavy atom. The second kappa shape index (κ2) is 11.1. The minimum Gasteiger partial charge on any atom is -0.495 e. The second-order valence-electron chi connectivity index (χ2n) is 10.0. The van der Waals surface area contributed by atoms with E-state index in [1.54, 1.807) is 19.2 Å². The molecular formula is C27H32FN5O4. The molecule has 1 aliphatic heterocycles. The van der Waals surface area contributed by atoms with Gasteiger partial charge in [0.1, 0.15) is 22.7 Å². The number of piperidine rings is 1. The van der Waals surface area contributed by atoms with Gasteiger partial charge in [0, 0.05) is 6.20 Å². The van der Waals surface area contributed by atoms with E-state index in [9.17, 15) is 14.0 Å². The monoisotopic (exact) mass is 509 g/mol. The maximum atomic E-state index is 14.2. The van der Waals surface area contributed by atoms with E-state index in [-0.39, 0.29) is 23.9 Å². The van der Waals surface area contributed by atoms with Crippen LogP contribution < -0.4 is 10.1 Å². The van der Waals surface area contributed by atoms with Crippen molar-refractivity contribution in [3.63, 3.8) is 0 Å². The summed E-state index contributed by atoms with van der Waals surface area (Å²) in [5.41, 5.74) is 1.57. The number of aromatic amines is 1. The van der Waals surface area contributed by atoms with Crippen molar-refractivity contribution in [2.24, 2.45) is 0 Å². The quantitative estimate of drug-likeness (QED) is 0.455. The molecule has 196 valence electrons. The van der Waals surface area contributed by atoms with E-state index in [4.69, 9.17) is 9.47 Å². The smallest absolute Gasteiger partial charge is 0.320 e. The Kier molecular flexibility index (Phi) is 7.87. The van der Waals surface area contributed by atoms with Gasteiger partial charge in [-0.15, -0.1) is 0 Å². The molecule has 2 aromatic heterocycles. The molecule has 9 nitrogen and oxygen atoms in total. The predicted octanol–water partition coefficient (Wildman–Crippen LogP) is 4.39. The van der Waals surface area contributed by atoms with Crippen LogP contribution >= 0.6 is 0 Å². The third-order valence-electron chi connectivity index (χ3n) is 6.14. The molecule has 3 aromatic rings. The molecule has 10 heteroatoms. The molecule has 1 amide bonds. The zero-order valence-electron chi connectivity index (χ0n) is 21.5. The van der Waals surface area contributed by atoms with Gasteiger partial charge in [0.2, 0.25) is 0 Å². The molecule has 1 fully saturated rings. The summed E-state index contributed by atoms with van der Waals surface area (Å²) in [7, 11) is 1.55. The molecule has 2 N–H and O–H groups in total. The highest BCUT2D eigenvalue weighted by Gasteiger charge is 2.25. The molecule has 37 heavy (non-hydrogen) atoms. The van der Waals surface area contributed by atoms with Crippen molar-refractivity contribution in [2.45, 2.75) is 45.1 Å². The lowest BCUT2D eigenvalue weighted by atomic mass is 9.89. The highest BCUT2D eigenvalue weighted by atomic mass is 19.1. The van der Waals surface area contributed by atoms with Gasteiger partial charge in [-0.2, -0.15) is 5.10 Å². The highest BCUT2D eigenvalue weighted by molar-refractivity contribution is 6.04. The number of carbonyl (C=O) groups is 2. The number of nitrogens with one attached hydrogen (secondary N) is 2. The standard InChI is InChI=1S/C27H32FN5O4/c1-27(2,3)37-24(34)16-33-13-10-17(11-14-33)18-5-7-20(23(15-18)36-4)31-26(35)22-8-6-19(28)25(30-22)21-9-12-29-32-21/h5-9,12,15,17H,10-11,13-14,16H2,1-4H3,(H,29,32)(H,31,35). The molecule has 3 heterocycles. The van der Waals surface area contributed by atoms with E-state index in [1.807, 2.05) is 32.9 Å². The van der Waals surface area contributed by atoms with E-state index < -0.39 is 17.3 Å². The first kappa shape index (κ1) is 26.3. The summed E-state index contributed by atoms with van der Waals surface area (Å²) in [6, 6.07) is 9.82. The summed E-state index contributed by atoms with van der Waals surface area (Å²) in [6.45, 7) is 7.47. The first-order chi connectivity index (χ1) is 17.6. The fraction of sp³-hybridized carbons (Fsp3) is 0.407. The number of amides is 1. The number of H-pyrrole nitrogens is 1. The molecule has 1 saturated heterocycles. The van der Waals surface area contributed by atoms with Gasteiger partial charge in [-0.3, -0.25) is 19.6 Å². The summed E-state index contributed by atoms with van der Waals surface area (Å²) >= 11 is 0. The molecule has 0 atom stereocenters. The zero-order chi connectivity index (χ0) is 26.6. The van der Waals surface area contributed by atoms with Gasteiger partial charge in [-0.05, 0) is 88.5 Å². The number of halogens is 1. The maximum absolute atomic E-state index is 14.2. The normalized spacial score (nSPS) is 14.8. The molecule has 0 saturated carbocycles. The number of esters is 1. The van der Waals surface area contributed by atoms with Crippen molar-refractivity contribution < 1.29 is 23.5 Å².